The number of rotatable bonds is 6. The fraction of sp³-hybridized carbons (Fsp3) is 0.333. The average Bonchev–Trinajstić information content (AvgIpc) is 2.76. The molecule has 1 aliphatic rings. The van der Waals surface area contributed by atoms with E-state index in [-0.39, 0.29) is 5.56 Å². The van der Waals surface area contributed by atoms with Gasteiger partial charge in [-0.1, -0.05) is 34.5 Å². The van der Waals surface area contributed by atoms with Crippen molar-refractivity contribution < 1.29 is 0 Å². The van der Waals surface area contributed by atoms with Crippen LogP contribution >= 0.6 is 55.2 Å². The zero-order chi connectivity index (χ0) is 22.0. The smallest absolute Gasteiger partial charge is 0.280 e. The Hall–Kier alpha value is -1.10. The van der Waals surface area contributed by atoms with Crippen molar-refractivity contribution in [1.82, 2.24) is 19.9 Å². The van der Waals surface area contributed by atoms with Gasteiger partial charge in [-0.2, -0.15) is 0 Å². The van der Waals surface area contributed by atoms with Gasteiger partial charge in [-0.25, -0.2) is 9.66 Å². The molecule has 0 bridgehead atoms. The van der Waals surface area contributed by atoms with Crippen molar-refractivity contribution in [2.45, 2.75) is 18.4 Å². The van der Waals surface area contributed by atoms with Gasteiger partial charge < -0.3 is 5.32 Å². The summed E-state index contributed by atoms with van der Waals surface area (Å²) in [7, 11) is 0. The minimum Gasteiger partial charge on any atom is -0.314 e. The summed E-state index contributed by atoms with van der Waals surface area (Å²) in [5.41, 5.74) is 5.53. The first-order valence-electron chi connectivity index (χ1n) is 9.98. The van der Waals surface area contributed by atoms with Gasteiger partial charge in [0.05, 0.1) is 16.6 Å². The van der Waals surface area contributed by atoms with Crippen LogP contribution in [0.25, 0.3) is 10.9 Å². The summed E-state index contributed by atoms with van der Waals surface area (Å²) in [6, 6.07) is 7.48. The van der Waals surface area contributed by atoms with Crippen molar-refractivity contribution in [2.75, 3.05) is 37.4 Å². The largest absolute Gasteiger partial charge is 0.314 e. The number of nitrogens with zero attached hydrogens (tertiary/aromatic N) is 3. The summed E-state index contributed by atoms with van der Waals surface area (Å²) >= 11 is 15.2. The monoisotopic (exact) mass is 585 g/mol. The Labute approximate surface area is 207 Å². The highest BCUT2D eigenvalue weighted by atomic mass is 79.9. The van der Waals surface area contributed by atoms with Crippen molar-refractivity contribution in [3.63, 3.8) is 0 Å². The second-order valence-corrected chi connectivity index (χ2v) is 10.6. The van der Waals surface area contributed by atoms with Gasteiger partial charge in [-0.05, 0) is 51.5 Å². The number of fused-ring (bicyclic) bond motifs is 1. The summed E-state index contributed by atoms with van der Waals surface area (Å²) in [6.07, 6.45) is 1.53. The fourth-order valence-corrected chi connectivity index (χ4v) is 5.93. The molecule has 3 aromatic rings. The van der Waals surface area contributed by atoms with Gasteiger partial charge in [-0.15, -0.1) is 11.8 Å². The lowest BCUT2D eigenvalue weighted by molar-refractivity contribution is 0.232. The molecule has 0 saturated carbocycles. The van der Waals surface area contributed by atoms with Crippen molar-refractivity contribution in [1.29, 1.82) is 0 Å². The SMILES string of the molecule is CCSc1ccc(Cl)cc1Nn1cnc2c(Br)c(CN3CCNCC3)c(Br)cc2c1=O. The summed E-state index contributed by atoms with van der Waals surface area (Å²) in [4.78, 5) is 21.3. The summed E-state index contributed by atoms with van der Waals surface area (Å²) < 4.78 is 3.15. The maximum atomic E-state index is 13.3. The molecular weight excluding hydrogens is 566 g/mol. The van der Waals surface area contributed by atoms with E-state index in [4.69, 9.17) is 11.6 Å². The van der Waals surface area contributed by atoms with E-state index in [1.54, 1.807) is 11.8 Å². The molecule has 31 heavy (non-hydrogen) atoms. The van der Waals surface area contributed by atoms with Crippen LogP contribution < -0.4 is 16.3 Å². The number of halogens is 3. The molecule has 0 spiro atoms. The molecule has 164 valence electrons. The van der Waals surface area contributed by atoms with Gasteiger partial charge in [0.2, 0.25) is 0 Å². The van der Waals surface area contributed by atoms with Gasteiger partial charge in [-0.3, -0.25) is 15.1 Å². The Kier molecular flexibility index (Phi) is 7.61. The number of hydrogen-bond acceptors (Lipinski definition) is 6. The summed E-state index contributed by atoms with van der Waals surface area (Å²) in [6.45, 7) is 6.83. The average molecular weight is 588 g/mol. The van der Waals surface area contributed by atoms with Crippen LogP contribution in [0, 0.1) is 0 Å². The second-order valence-electron chi connectivity index (χ2n) is 7.18. The first-order chi connectivity index (χ1) is 15.0. The van der Waals surface area contributed by atoms with E-state index >= 15 is 0 Å². The standard InChI is InChI=1S/C21H22Br2ClN5OS/c1-2-31-18-4-3-13(24)9-17(18)27-29-12-26-20-14(21(29)30)10-16(22)15(19(20)23)11-28-7-5-25-6-8-28/h3-4,9-10,12,25,27H,2,5-8,11H2,1H3. The lowest BCUT2D eigenvalue weighted by atomic mass is 10.1. The predicted molar refractivity (Wildman–Crippen MR) is 136 cm³/mol. The molecule has 0 aliphatic carbocycles. The quantitative estimate of drug-likeness (QED) is 0.398. The number of benzene rings is 2. The minimum atomic E-state index is -0.174. The Bertz CT molecular complexity index is 1170. The Morgan fingerprint density at radius 1 is 1.26 bits per heavy atom. The number of hydrogen-bond donors (Lipinski definition) is 2. The predicted octanol–water partition coefficient (Wildman–Crippen LogP) is 4.97. The van der Waals surface area contributed by atoms with E-state index in [1.807, 2.05) is 24.3 Å². The van der Waals surface area contributed by atoms with Gasteiger partial charge in [0, 0.05) is 51.6 Å². The molecule has 10 heteroatoms. The Balaban J connectivity index is 1.71. The molecule has 2 heterocycles. The molecule has 0 unspecified atom stereocenters. The third-order valence-corrected chi connectivity index (χ3v) is 7.87. The van der Waals surface area contributed by atoms with Crippen LogP contribution in [-0.2, 0) is 6.54 Å². The van der Waals surface area contributed by atoms with Gasteiger partial charge in [0.1, 0.15) is 6.33 Å². The van der Waals surface area contributed by atoms with Crippen molar-refractivity contribution in [3.8, 4) is 0 Å². The molecule has 1 aromatic heterocycles. The van der Waals surface area contributed by atoms with E-state index in [0.29, 0.717) is 15.9 Å². The number of anilines is 1. The van der Waals surface area contributed by atoms with Crippen LogP contribution in [-0.4, -0.2) is 46.5 Å². The van der Waals surface area contributed by atoms with Gasteiger partial charge in [0.15, 0.2) is 0 Å². The molecule has 2 N–H and O–H groups in total. The van der Waals surface area contributed by atoms with Crippen LogP contribution in [0.1, 0.15) is 12.5 Å². The van der Waals surface area contributed by atoms with Gasteiger partial charge >= 0.3 is 0 Å². The van der Waals surface area contributed by atoms with E-state index < -0.39 is 0 Å². The van der Waals surface area contributed by atoms with Crippen LogP contribution in [0.3, 0.4) is 0 Å². The number of piperazine rings is 1. The van der Waals surface area contributed by atoms with E-state index in [9.17, 15) is 4.79 Å². The molecular formula is C21H22Br2ClN5OS. The van der Waals surface area contributed by atoms with Crippen molar-refractivity contribution in [2.24, 2.45) is 0 Å². The van der Waals surface area contributed by atoms with Crippen LogP contribution in [0.15, 0.2) is 49.2 Å². The van der Waals surface area contributed by atoms with Crippen LogP contribution in [0.4, 0.5) is 5.69 Å². The highest BCUT2D eigenvalue weighted by molar-refractivity contribution is 9.11. The highest BCUT2D eigenvalue weighted by Crippen LogP contribution is 2.33. The zero-order valence-corrected chi connectivity index (χ0v) is 21.7. The molecule has 1 saturated heterocycles. The normalized spacial score (nSPS) is 14.8. The first-order valence-corrected chi connectivity index (χ1v) is 12.9. The number of nitrogens with one attached hydrogen (secondary N) is 2. The zero-order valence-electron chi connectivity index (χ0n) is 16.9. The number of aromatic nitrogens is 2. The van der Waals surface area contributed by atoms with E-state index in [1.165, 1.54) is 11.0 Å². The molecule has 1 aliphatic heterocycles. The maximum Gasteiger partial charge on any atom is 0.280 e. The molecule has 2 aromatic carbocycles. The highest BCUT2D eigenvalue weighted by Gasteiger charge is 2.18. The summed E-state index contributed by atoms with van der Waals surface area (Å²) in [5, 5.41) is 4.51. The first kappa shape index (κ1) is 23.1. The summed E-state index contributed by atoms with van der Waals surface area (Å²) in [5.74, 6) is 0.914. The Morgan fingerprint density at radius 2 is 2.03 bits per heavy atom. The van der Waals surface area contributed by atoms with E-state index in [0.717, 1.165) is 63.6 Å². The molecule has 6 nitrogen and oxygen atoms in total. The van der Waals surface area contributed by atoms with Crippen LogP contribution in [0.5, 0.6) is 0 Å². The maximum absolute atomic E-state index is 13.3. The molecule has 0 amide bonds. The molecule has 1 fully saturated rings. The van der Waals surface area contributed by atoms with E-state index in [2.05, 4.69) is 59.4 Å². The lowest BCUT2D eigenvalue weighted by Gasteiger charge is -2.28. The fourth-order valence-electron chi connectivity index (χ4n) is 3.55. The van der Waals surface area contributed by atoms with Crippen molar-refractivity contribution in [3.05, 3.63) is 60.5 Å². The molecule has 0 radical (unpaired) electrons. The minimum absolute atomic E-state index is 0.174. The second kappa shape index (κ2) is 10.2. The Morgan fingerprint density at radius 3 is 2.77 bits per heavy atom. The topological polar surface area (TPSA) is 62.2 Å². The van der Waals surface area contributed by atoms with Gasteiger partial charge in [0.25, 0.3) is 5.56 Å². The van der Waals surface area contributed by atoms with Crippen LogP contribution in [0.2, 0.25) is 5.02 Å². The molecule has 0 atom stereocenters. The number of thioether (sulfide) groups is 1. The third kappa shape index (κ3) is 5.12. The molecule has 4 rings (SSSR count). The van der Waals surface area contributed by atoms with Crippen molar-refractivity contribution >= 4 is 71.8 Å². The lowest BCUT2D eigenvalue weighted by Crippen LogP contribution is -2.43. The third-order valence-electron chi connectivity index (χ3n) is 5.11.